The fourth-order valence-electron chi connectivity index (χ4n) is 2.40. The third kappa shape index (κ3) is 3.15. The van der Waals surface area contributed by atoms with Gasteiger partial charge in [-0.15, -0.1) is 0 Å². The third-order valence-electron chi connectivity index (χ3n) is 3.46. The lowest BCUT2D eigenvalue weighted by Crippen LogP contribution is -2.30. The maximum Gasteiger partial charge on any atom is 0.124 e. The Morgan fingerprint density at radius 3 is 2.72 bits per heavy atom. The van der Waals surface area contributed by atoms with Crippen LogP contribution in [0.25, 0.3) is 0 Å². The Balaban J connectivity index is 1.92. The molecule has 0 bridgehead atoms. The van der Waals surface area contributed by atoms with Crippen molar-refractivity contribution in [1.29, 1.82) is 0 Å². The molecule has 0 radical (unpaired) electrons. The summed E-state index contributed by atoms with van der Waals surface area (Å²) in [5.41, 5.74) is 0.564. The Kier molecular flexibility index (Phi) is 4.44. The van der Waals surface area contributed by atoms with E-state index in [1.54, 1.807) is 18.2 Å². The molecule has 0 saturated carbocycles. The van der Waals surface area contributed by atoms with E-state index in [0.29, 0.717) is 11.5 Å². The van der Waals surface area contributed by atoms with Crippen molar-refractivity contribution in [2.24, 2.45) is 5.92 Å². The minimum atomic E-state index is -0.0758. The van der Waals surface area contributed by atoms with Gasteiger partial charge < -0.3 is 20.3 Å². The van der Waals surface area contributed by atoms with E-state index in [-0.39, 0.29) is 17.5 Å². The Morgan fingerprint density at radius 1 is 1.39 bits per heavy atom. The number of benzene rings is 1. The van der Waals surface area contributed by atoms with Gasteiger partial charge in [0.25, 0.3) is 0 Å². The van der Waals surface area contributed by atoms with Crippen LogP contribution < -0.4 is 5.32 Å². The summed E-state index contributed by atoms with van der Waals surface area (Å²) in [6.07, 6.45) is 2.29. The van der Waals surface area contributed by atoms with Crippen LogP contribution in [0.5, 0.6) is 11.5 Å². The molecular formula is C14H21NO3. The van der Waals surface area contributed by atoms with Crippen molar-refractivity contribution < 1.29 is 14.9 Å². The highest BCUT2D eigenvalue weighted by Crippen LogP contribution is 2.32. The van der Waals surface area contributed by atoms with Crippen LogP contribution in [-0.2, 0) is 4.74 Å². The van der Waals surface area contributed by atoms with Gasteiger partial charge in [-0.05, 0) is 37.8 Å². The molecule has 1 aliphatic heterocycles. The monoisotopic (exact) mass is 251 g/mol. The van der Waals surface area contributed by atoms with E-state index < -0.39 is 0 Å². The van der Waals surface area contributed by atoms with E-state index >= 15 is 0 Å². The molecule has 4 heteroatoms. The van der Waals surface area contributed by atoms with Gasteiger partial charge in [0.05, 0.1) is 12.2 Å². The number of hydrogen-bond acceptors (Lipinski definition) is 4. The van der Waals surface area contributed by atoms with E-state index in [1.807, 2.05) is 6.92 Å². The zero-order valence-corrected chi connectivity index (χ0v) is 10.7. The minimum absolute atomic E-state index is 0.0758. The molecule has 2 atom stereocenters. The van der Waals surface area contributed by atoms with E-state index in [1.165, 1.54) is 6.42 Å². The van der Waals surface area contributed by atoms with Crippen LogP contribution in [-0.4, -0.2) is 30.0 Å². The molecule has 0 aliphatic carbocycles. The smallest absolute Gasteiger partial charge is 0.124 e. The SMILES string of the molecule is CC(NCC1CCCOC1)c1c(O)cccc1O. The number of hydrogen-bond donors (Lipinski definition) is 3. The molecule has 1 aliphatic rings. The molecule has 100 valence electrons. The second kappa shape index (κ2) is 6.07. The Labute approximate surface area is 108 Å². The normalized spacial score (nSPS) is 21.7. The molecule has 1 saturated heterocycles. The van der Waals surface area contributed by atoms with Gasteiger partial charge in [-0.25, -0.2) is 0 Å². The van der Waals surface area contributed by atoms with E-state index in [4.69, 9.17) is 4.74 Å². The Hall–Kier alpha value is -1.26. The molecule has 3 N–H and O–H groups in total. The standard InChI is InChI=1S/C14H21NO3/c1-10(14-12(16)5-2-6-13(14)17)15-8-11-4-3-7-18-9-11/h2,5-6,10-11,15-17H,3-4,7-9H2,1H3. The lowest BCUT2D eigenvalue weighted by molar-refractivity contribution is 0.0539. The van der Waals surface area contributed by atoms with Crippen molar-refractivity contribution in [3.8, 4) is 11.5 Å². The van der Waals surface area contributed by atoms with Gasteiger partial charge in [-0.2, -0.15) is 0 Å². The van der Waals surface area contributed by atoms with Crippen LogP contribution in [0.3, 0.4) is 0 Å². The predicted molar refractivity (Wildman–Crippen MR) is 69.7 cm³/mol. The van der Waals surface area contributed by atoms with Crippen molar-refractivity contribution in [3.05, 3.63) is 23.8 Å². The van der Waals surface area contributed by atoms with Gasteiger partial charge in [0.2, 0.25) is 0 Å². The number of ether oxygens (including phenoxy) is 1. The Bertz CT molecular complexity index is 368. The largest absolute Gasteiger partial charge is 0.507 e. The first kappa shape index (κ1) is 13.2. The summed E-state index contributed by atoms with van der Waals surface area (Å²) in [4.78, 5) is 0. The van der Waals surface area contributed by atoms with Gasteiger partial charge in [-0.3, -0.25) is 0 Å². The quantitative estimate of drug-likeness (QED) is 0.767. The van der Waals surface area contributed by atoms with E-state index in [2.05, 4.69) is 5.32 Å². The van der Waals surface area contributed by atoms with Crippen LogP contribution in [0.1, 0.15) is 31.4 Å². The van der Waals surface area contributed by atoms with Gasteiger partial charge in [0.1, 0.15) is 11.5 Å². The second-order valence-corrected chi connectivity index (χ2v) is 4.92. The average Bonchev–Trinajstić information content (AvgIpc) is 2.37. The van der Waals surface area contributed by atoms with E-state index in [0.717, 1.165) is 26.2 Å². The highest BCUT2D eigenvalue weighted by atomic mass is 16.5. The van der Waals surface area contributed by atoms with Gasteiger partial charge in [0.15, 0.2) is 0 Å². The molecule has 2 rings (SSSR count). The maximum absolute atomic E-state index is 9.77. The summed E-state index contributed by atoms with van der Waals surface area (Å²) in [5.74, 6) is 0.791. The number of phenolic OH excluding ortho intramolecular Hbond substituents is 2. The molecule has 1 aromatic rings. The molecule has 0 spiro atoms. The minimum Gasteiger partial charge on any atom is -0.507 e. The molecule has 18 heavy (non-hydrogen) atoms. The molecule has 0 aromatic heterocycles. The molecule has 4 nitrogen and oxygen atoms in total. The number of aromatic hydroxyl groups is 2. The highest BCUT2D eigenvalue weighted by Gasteiger charge is 2.18. The van der Waals surface area contributed by atoms with Crippen molar-refractivity contribution in [2.45, 2.75) is 25.8 Å². The molecule has 1 fully saturated rings. The first-order valence-electron chi connectivity index (χ1n) is 6.50. The van der Waals surface area contributed by atoms with E-state index in [9.17, 15) is 10.2 Å². The van der Waals surface area contributed by atoms with Crippen molar-refractivity contribution >= 4 is 0 Å². The molecule has 2 unspecified atom stereocenters. The number of rotatable bonds is 4. The van der Waals surface area contributed by atoms with Crippen LogP contribution in [0.15, 0.2) is 18.2 Å². The van der Waals surface area contributed by atoms with Crippen LogP contribution in [0, 0.1) is 5.92 Å². The first-order valence-corrected chi connectivity index (χ1v) is 6.50. The summed E-state index contributed by atoms with van der Waals surface area (Å²) in [5, 5.41) is 22.9. The highest BCUT2D eigenvalue weighted by molar-refractivity contribution is 5.44. The zero-order chi connectivity index (χ0) is 13.0. The predicted octanol–water partition coefficient (Wildman–Crippen LogP) is 2.18. The van der Waals surface area contributed by atoms with Gasteiger partial charge >= 0.3 is 0 Å². The summed E-state index contributed by atoms with van der Waals surface area (Å²) in [7, 11) is 0. The van der Waals surface area contributed by atoms with Crippen molar-refractivity contribution in [2.75, 3.05) is 19.8 Å². The molecular weight excluding hydrogens is 230 g/mol. The number of nitrogens with one attached hydrogen (secondary N) is 1. The summed E-state index contributed by atoms with van der Waals surface area (Å²) in [6, 6.07) is 4.75. The molecule has 0 amide bonds. The topological polar surface area (TPSA) is 61.7 Å². The summed E-state index contributed by atoms with van der Waals surface area (Å²) >= 11 is 0. The summed E-state index contributed by atoms with van der Waals surface area (Å²) in [6.45, 7) is 4.45. The van der Waals surface area contributed by atoms with Gasteiger partial charge in [-0.1, -0.05) is 6.07 Å². The third-order valence-corrected chi connectivity index (χ3v) is 3.46. The first-order chi connectivity index (χ1) is 8.68. The van der Waals surface area contributed by atoms with Crippen molar-refractivity contribution in [3.63, 3.8) is 0 Å². The average molecular weight is 251 g/mol. The summed E-state index contributed by atoms with van der Waals surface area (Å²) < 4.78 is 5.43. The van der Waals surface area contributed by atoms with Gasteiger partial charge in [0, 0.05) is 19.2 Å². The second-order valence-electron chi connectivity index (χ2n) is 4.92. The lowest BCUT2D eigenvalue weighted by Gasteiger charge is -2.25. The fraction of sp³-hybridized carbons (Fsp3) is 0.571. The number of phenols is 2. The lowest BCUT2D eigenvalue weighted by atomic mass is 10.0. The fourth-order valence-corrected chi connectivity index (χ4v) is 2.40. The molecule has 1 heterocycles. The Morgan fingerprint density at radius 2 is 2.11 bits per heavy atom. The zero-order valence-electron chi connectivity index (χ0n) is 10.7. The van der Waals surface area contributed by atoms with Crippen LogP contribution in [0.2, 0.25) is 0 Å². The van der Waals surface area contributed by atoms with Crippen molar-refractivity contribution in [1.82, 2.24) is 5.32 Å². The molecule has 1 aromatic carbocycles. The van der Waals surface area contributed by atoms with Crippen LogP contribution >= 0.6 is 0 Å². The van der Waals surface area contributed by atoms with Crippen LogP contribution in [0.4, 0.5) is 0 Å². The maximum atomic E-state index is 9.77.